The Morgan fingerprint density at radius 2 is 2.30 bits per heavy atom. The van der Waals surface area contributed by atoms with Gasteiger partial charge in [0.05, 0.1) is 6.10 Å². The molecule has 23 heavy (non-hydrogen) atoms. The third-order valence-corrected chi connectivity index (χ3v) is 6.42. The number of rotatable bonds is 5. The standard InChI is InChI=1S/C14H15N5OS3/c1-8-5-10-11(21-8)16-7-17-12(10)22-14-19-18-13(23-14)15-6-9-3-2-4-20-9/h5,7,9H,2-4,6H2,1H3,(H,15,18). The van der Waals surface area contributed by atoms with Crippen molar-refractivity contribution in [2.24, 2.45) is 0 Å². The molecule has 120 valence electrons. The minimum absolute atomic E-state index is 0.297. The van der Waals surface area contributed by atoms with Gasteiger partial charge in [0, 0.05) is 23.4 Å². The van der Waals surface area contributed by atoms with Crippen LogP contribution in [0.2, 0.25) is 0 Å². The minimum atomic E-state index is 0.297. The van der Waals surface area contributed by atoms with Gasteiger partial charge in [-0.3, -0.25) is 0 Å². The van der Waals surface area contributed by atoms with Crippen LogP contribution in [-0.2, 0) is 4.74 Å². The van der Waals surface area contributed by atoms with E-state index < -0.39 is 0 Å². The van der Waals surface area contributed by atoms with Crippen molar-refractivity contribution in [3.05, 3.63) is 17.3 Å². The average Bonchev–Trinajstić information content (AvgIpc) is 3.25. The molecule has 0 aliphatic carbocycles. The van der Waals surface area contributed by atoms with Gasteiger partial charge in [0.2, 0.25) is 5.13 Å². The Kier molecular flexibility index (Phi) is 4.43. The number of anilines is 1. The number of aromatic nitrogens is 4. The number of nitrogens with zero attached hydrogens (tertiary/aromatic N) is 4. The summed E-state index contributed by atoms with van der Waals surface area (Å²) in [6, 6.07) is 2.12. The summed E-state index contributed by atoms with van der Waals surface area (Å²) in [5.74, 6) is 0. The molecule has 4 heterocycles. The fourth-order valence-electron chi connectivity index (χ4n) is 2.45. The first-order valence-electron chi connectivity index (χ1n) is 7.36. The topological polar surface area (TPSA) is 72.8 Å². The first-order valence-corrected chi connectivity index (χ1v) is 9.81. The summed E-state index contributed by atoms with van der Waals surface area (Å²) in [4.78, 5) is 11.0. The van der Waals surface area contributed by atoms with E-state index in [1.54, 1.807) is 29.0 Å². The highest BCUT2D eigenvalue weighted by molar-refractivity contribution is 8.01. The first kappa shape index (κ1) is 15.3. The SMILES string of the molecule is Cc1cc2c(Sc3nnc(NCC4CCCO4)s3)ncnc2s1. The van der Waals surface area contributed by atoms with Crippen molar-refractivity contribution in [3.8, 4) is 0 Å². The number of aryl methyl sites for hydroxylation is 1. The molecule has 1 saturated heterocycles. The van der Waals surface area contributed by atoms with Gasteiger partial charge in [-0.15, -0.1) is 21.5 Å². The zero-order valence-corrected chi connectivity index (χ0v) is 14.9. The van der Waals surface area contributed by atoms with Crippen molar-refractivity contribution >= 4 is 49.8 Å². The Labute approximate surface area is 145 Å². The summed E-state index contributed by atoms with van der Waals surface area (Å²) >= 11 is 4.76. The number of fused-ring (bicyclic) bond motifs is 1. The second-order valence-corrected chi connectivity index (χ2v) is 8.69. The van der Waals surface area contributed by atoms with Crippen molar-refractivity contribution in [2.75, 3.05) is 18.5 Å². The second kappa shape index (κ2) is 6.68. The molecule has 0 amide bonds. The lowest BCUT2D eigenvalue weighted by molar-refractivity contribution is 0.120. The molecule has 1 atom stereocenters. The summed E-state index contributed by atoms with van der Waals surface area (Å²) in [6.07, 6.45) is 4.17. The van der Waals surface area contributed by atoms with Crippen LogP contribution in [0.25, 0.3) is 10.2 Å². The van der Waals surface area contributed by atoms with Crippen LogP contribution < -0.4 is 5.32 Å². The molecule has 1 fully saturated rings. The maximum absolute atomic E-state index is 5.60. The van der Waals surface area contributed by atoms with Gasteiger partial charge >= 0.3 is 0 Å². The molecule has 0 spiro atoms. The van der Waals surface area contributed by atoms with E-state index in [9.17, 15) is 0 Å². The Bertz CT molecular complexity index is 812. The predicted octanol–water partition coefficient (Wildman–Crippen LogP) is 3.59. The molecule has 6 nitrogen and oxygen atoms in total. The Balaban J connectivity index is 1.46. The maximum Gasteiger partial charge on any atom is 0.206 e. The molecule has 3 aromatic rings. The molecule has 0 bridgehead atoms. The quantitative estimate of drug-likeness (QED) is 0.693. The van der Waals surface area contributed by atoms with Gasteiger partial charge in [0.25, 0.3) is 0 Å². The Morgan fingerprint density at radius 1 is 1.35 bits per heavy atom. The molecular formula is C14H15N5OS3. The van der Waals surface area contributed by atoms with E-state index in [1.807, 2.05) is 0 Å². The summed E-state index contributed by atoms with van der Waals surface area (Å²) in [5.41, 5.74) is 0. The van der Waals surface area contributed by atoms with Crippen LogP contribution in [0.5, 0.6) is 0 Å². The van der Waals surface area contributed by atoms with E-state index in [0.29, 0.717) is 6.10 Å². The van der Waals surface area contributed by atoms with Crippen molar-refractivity contribution in [1.82, 2.24) is 20.2 Å². The third kappa shape index (κ3) is 3.47. The van der Waals surface area contributed by atoms with Crippen LogP contribution in [0.15, 0.2) is 21.8 Å². The molecule has 0 aromatic carbocycles. The van der Waals surface area contributed by atoms with Gasteiger partial charge in [0.1, 0.15) is 16.2 Å². The van der Waals surface area contributed by atoms with E-state index in [-0.39, 0.29) is 0 Å². The van der Waals surface area contributed by atoms with E-state index in [1.165, 1.54) is 16.6 Å². The molecule has 1 N–H and O–H groups in total. The van der Waals surface area contributed by atoms with E-state index in [2.05, 4.69) is 38.5 Å². The van der Waals surface area contributed by atoms with E-state index in [4.69, 9.17) is 4.74 Å². The smallest absolute Gasteiger partial charge is 0.206 e. The normalized spacial score (nSPS) is 17.9. The highest BCUT2D eigenvalue weighted by Gasteiger charge is 2.16. The van der Waals surface area contributed by atoms with Gasteiger partial charge < -0.3 is 10.1 Å². The van der Waals surface area contributed by atoms with Crippen LogP contribution in [0.3, 0.4) is 0 Å². The predicted molar refractivity (Wildman–Crippen MR) is 93.6 cm³/mol. The Hall–Kier alpha value is -1.29. The Morgan fingerprint density at radius 3 is 3.17 bits per heavy atom. The van der Waals surface area contributed by atoms with Crippen molar-refractivity contribution in [3.63, 3.8) is 0 Å². The van der Waals surface area contributed by atoms with Crippen molar-refractivity contribution in [1.29, 1.82) is 0 Å². The highest BCUT2D eigenvalue weighted by Crippen LogP contribution is 2.36. The molecular weight excluding hydrogens is 350 g/mol. The summed E-state index contributed by atoms with van der Waals surface area (Å²) in [5, 5.41) is 14.6. The van der Waals surface area contributed by atoms with Crippen LogP contribution in [-0.4, -0.2) is 39.4 Å². The first-order chi connectivity index (χ1) is 11.3. The molecule has 9 heteroatoms. The highest BCUT2D eigenvalue weighted by atomic mass is 32.2. The van der Waals surface area contributed by atoms with Gasteiger partial charge in [-0.05, 0) is 37.6 Å². The van der Waals surface area contributed by atoms with Crippen molar-refractivity contribution < 1.29 is 4.74 Å². The van der Waals surface area contributed by atoms with Crippen LogP contribution in [0, 0.1) is 6.92 Å². The molecule has 4 rings (SSSR count). The van der Waals surface area contributed by atoms with Crippen LogP contribution in [0.4, 0.5) is 5.13 Å². The molecule has 1 unspecified atom stereocenters. The van der Waals surface area contributed by atoms with Gasteiger partial charge in [-0.1, -0.05) is 11.3 Å². The number of ether oxygens (including phenoxy) is 1. The number of hydrogen-bond donors (Lipinski definition) is 1. The third-order valence-electron chi connectivity index (χ3n) is 3.51. The van der Waals surface area contributed by atoms with Gasteiger partial charge in [-0.2, -0.15) is 0 Å². The van der Waals surface area contributed by atoms with Crippen LogP contribution in [0.1, 0.15) is 17.7 Å². The zero-order valence-electron chi connectivity index (χ0n) is 12.5. The summed E-state index contributed by atoms with van der Waals surface area (Å²) in [7, 11) is 0. The summed E-state index contributed by atoms with van der Waals surface area (Å²) < 4.78 is 6.48. The maximum atomic E-state index is 5.60. The molecule has 1 aliphatic heterocycles. The lowest BCUT2D eigenvalue weighted by Crippen LogP contribution is -2.18. The largest absolute Gasteiger partial charge is 0.376 e. The zero-order chi connectivity index (χ0) is 15.6. The second-order valence-electron chi connectivity index (χ2n) is 5.25. The molecule has 3 aromatic heterocycles. The number of nitrogens with one attached hydrogen (secondary N) is 1. The number of hydrogen-bond acceptors (Lipinski definition) is 9. The molecule has 0 saturated carbocycles. The molecule has 1 aliphatic rings. The fraction of sp³-hybridized carbons (Fsp3) is 0.429. The lowest BCUT2D eigenvalue weighted by Gasteiger charge is -2.08. The lowest BCUT2D eigenvalue weighted by atomic mass is 10.2. The van der Waals surface area contributed by atoms with Gasteiger partial charge in [-0.25, -0.2) is 9.97 Å². The monoisotopic (exact) mass is 365 g/mol. The van der Waals surface area contributed by atoms with Gasteiger partial charge in [0.15, 0.2) is 4.34 Å². The van der Waals surface area contributed by atoms with Crippen molar-refractivity contribution in [2.45, 2.75) is 35.2 Å². The average molecular weight is 366 g/mol. The molecule has 0 radical (unpaired) electrons. The number of thiophene rings is 1. The summed E-state index contributed by atoms with van der Waals surface area (Å²) in [6.45, 7) is 3.74. The minimum Gasteiger partial charge on any atom is -0.376 e. The van der Waals surface area contributed by atoms with E-state index in [0.717, 1.165) is 50.7 Å². The fourth-order valence-corrected chi connectivity index (χ4v) is 5.10. The van der Waals surface area contributed by atoms with E-state index >= 15 is 0 Å². The van der Waals surface area contributed by atoms with Crippen LogP contribution >= 0.6 is 34.4 Å².